The number of hydrogen-bond donors (Lipinski definition) is 0. The Kier molecular flexibility index (Phi) is 3.63. The van der Waals surface area contributed by atoms with Crippen LogP contribution in [-0.4, -0.2) is 49.3 Å². The molecule has 5 unspecified atom stereocenters. The number of rotatable bonds is 5. The van der Waals surface area contributed by atoms with Crippen molar-refractivity contribution < 1.29 is 50.3 Å². The van der Waals surface area contributed by atoms with Crippen molar-refractivity contribution in [3.8, 4) is 0 Å². The molecule has 0 aliphatic carbocycles. The maximum Gasteiger partial charge on any atom is 0.415 e. The molecule has 0 aromatic heterocycles. The minimum absolute atomic E-state index is 0.122. The number of carbonyl (C=O) groups excluding carboxylic acids is 1. The first kappa shape index (κ1) is 15.3. The van der Waals surface area contributed by atoms with E-state index < -0.39 is 63.1 Å². The van der Waals surface area contributed by atoms with E-state index in [2.05, 4.69) is 14.1 Å². The van der Waals surface area contributed by atoms with E-state index >= 15 is 0 Å². The highest BCUT2D eigenvalue weighted by Crippen LogP contribution is 2.48. The molecule has 3 saturated heterocycles. The second kappa shape index (κ2) is 4.97. The summed E-state index contributed by atoms with van der Waals surface area (Å²) in [4.78, 5) is 11.4. The average molecular weight is 349 g/mol. The van der Waals surface area contributed by atoms with Crippen LogP contribution in [0.15, 0.2) is 0 Å². The van der Waals surface area contributed by atoms with Gasteiger partial charge in [-0.2, -0.15) is 21.5 Å². The van der Waals surface area contributed by atoms with Gasteiger partial charge in [0.2, 0.25) is 0 Å². The molecule has 0 N–H and O–H groups in total. The average Bonchev–Trinajstić information content (AvgIpc) is 2.97. The van der Waals surface area contributed by atoms with Crippen molar-refractivity contribution >= 4 is 28.1 Å². The second-order valence-corrected chi connectivity index (χ2v) is 7.11. The van der Waals surface area contributed by atoms with E-state index in [4.69, 9.17) is 8.92 Å². The number of fused-ring (bicyclic) bond motifs is 1. The Morgan fingerprint density at radius 2 is 2.10 bits per heavy atom. The van der Waals surface area contributed by atoms with Crippen molar-refractivity contribution in [2.75, 3.05) is 0 Å². The van der Waals surface area contributed by atoms with Gasteiger partial charge in [0, 0.05) is 6.42 Å². The van der Waals surface area contributed by atoms with Crippen LogP contribution < -0.4 is 5.26 Å². The fourth-order valence-electron chi connectivity index (χ4n) is 2.69. The summed E-state index contributed by atoms with van der Waals surface area (Å²) in [5.74, 6) is -2.07. The van der Waals surface area contributed by atoms with Crippen LogP contribution in [0.5, 0.6) is 0 Å². The zero-order valence-corrected chi connectivity index (χ0v) is 11.5. The molecule has 0 spiro atoms. The monoisotopic (exact) mass is 349 g/mol. The number of halogens is 2. The van der Waals surface area contributed by atoms with E-state index in [1.165, 1.54) is 0 Å². The summed E-state index contributed by atoms with van der Waals surface area (Å²) in [5.41, 5.74) is 0. The molecule has 0 aromatic rings. The highest BCUT2D eigenvalue weighted by molar-refractivity contribution is 7.96. The number of carbonyl (C=O) groups is 1. The van der Waals surface area contributed by atoms with Gasteiger partial charge >= 0.3 is 11.2 Å². The molecule has 3 rings (SSSR count). The van der Waals surface area contributed by atoms with E-state index in [-0.39, 0.29) is 6.42 Å². The SMILES string of the molecule is O=C(OC1C2CC3OS(=O)(=O)C1C3O2)C(F)(F)SOO[O-]. The summed E-state index contributed by atoms with van der Waals surface area (Å²) in [6.07, 6.45) is -3.61. The Hall–Kier alpha value is -0.570. The van der Waals surface area contributed by atoms with Gasteiger partial charge in [-0.15, -0.1) is 0 Å². The van der Waals surface area contributed by atoms with Crippen molar-refractivity contribution in [3.05, 3.63) is 0 Å². The lowest BCUT2D eigenvalue weighted by molar-refractivity contribution is -0.777. The van der Waals surface area contributed by atoms with Crippen LogP contribution in [-0.2, 0) is 37.9 Å². The molecule has 120 valence electrons. The molecular weight excluding hydrogens is 342 g/mol. The van der Waals surface area contributed by atoms with E-state index in [9.17, 15) is 27.3 Å². The van der Waals surface area contributed by atoms with Crippen molar-refractivity contribution in [1.82, 2.24) is 0 Å². The molecule has 13 heteroatoms. The summed E-state index contributed by atoms with van der Waals surface area (Å²) >= 11 is -0.855. The lowest BCUT2D eigenvalue weighted by Gasteiger charge is -2.23. The van der Waals surface area contributed by atoms with Gasteiger partial charge in [0.25, 0.3) is 10.1 Å². The van der Waals surface area contributed by atoms with Crippen molar-refractivity contribution in [1.29, 1.82) is 0 Å². The number of ether oxygens (including phenoxy) is 2. The third-order valence-electron chi connectivity index (χ3n) is 3.42. The predicted octanol–water partition coefficient (Wildman–Crippen LogP) is -1.37. The summed E-state index contributed by atoms with van der Waals surface area (Å²) in [6, 6.07) is 0. The number of hydrogen-bond acceptors (Lipinski definition) is 10. The van der Waals surface area contributed by atoms with E-state index in [0.29, 0.717) is 0 Å². The maximum atomic E-state index is 13.3. The number of esters is 1. The van der Waals surface area contributed by atoms with E-state index in [1.54, 1.807) is 0 Å². The summed E-state index contributed by atoms with van der Waals surface area (Å²) in [7, 11) is -4.05. The molecule has 0 aromatic carbocycles. The van der Waals surface area contributed by atoms with Crippen LogP contribution in [0.25, 0.3) is 0 Å². The molecule has 9 nitrogen and oxygen atoms in total. The van der Waals surface area contributed by atoms with Gasteiger partial charge in [-0.25, -0.2) is 4.79 Å². The Balaban J connectivity index is 1.73. The minimum Gasteiger partial charge on any atom is -0.691 e. The summed E-state index contributed by atoms with van der Waals surface area (Å²) in [5, 5.41) is 6.63. The van der Waals surface area contributed by atoms with E-state index in [0.717, 1.165) is 0 Å². The molecule has 3 aliphatic rings. The molecule has 2 bridgehead atoms. The van der Waals surface area contributed by atoms with Crippen LogP contribution in [0.3, 0.4) is 0 Å². The molecule has 0 saturated carbocycles. The third kappa shape index (κ3) is 2.42. The van der Waals surface area contributed by atoms with Gasteiger partial charge in [0.15, 0.2) is 5.25 Å². The summed E-state index contributed by atoms with van der Waals surface area (Å²) < 4.78 is 67.9. The van der Waals surface area contributed by atoms with Crippen molar-refractivity contribution in [2.24, 2.45) is 0 Å². The van der Waals surface area contributed by atoms with Gasteiger partial charge < -0.3 is 14.7 Å². The molecule has 5 atom stereocenters. The van der Waals surface area contributed by atoms with Gasteiger partial charge in [-0.3, -0.25) is 9.22 Å². The van der Waals surface area contributed by atoms with Crippen molar-refractivity contribution in [3.63, 3.8) is 0 Å². The first-order chi connectivity index (χ1) is 9.76. The van der Waals surface area contributed by atoms with Gasteiger partial charge in [0.1, 0.15) is 30.4 Å². The lowest BCUT2D eigenvalue weighted by atomic mass is 9.95. The number of alkyl halides is 2. The minimum atomic E-state index is -4.24. The molecule has 3 aliphatic heterocycles. The third-order valence-corrected chi connectivity index (χ3v) is 5.63. The quantitative estimate of drug-likeness (QED) is 0.193. The van der Waals surface area contributed by atoms with Gasteiger partial charge in [0.05, 0.1) is 6.10 Å². The Morgan fingerprint density at radius 1 is 1.38 bits per heavy atom. The zero-order valence-electron chi connectivity index (χ0n) is 9.84. The molecule has 21 heavy (non-hydrogen) atoms. The van der Waals surface area contributed by atoms with Crippen molar-refractivity contribution in [2.45, 2.75) is 41.3 Å². The Morgan fingerprint density at radius 3 is 2.76 bits per heavy atom. The molecule has 3 heterocycles. The fraction of sp³-hybridized carbons (Fsp3) is 0.875. The molecule has 3 fully saturated rings. The van der Waals surface area contributed by atoms with Crippen LogP contribution in [0.1, 0.15) is 6.42 Å². The molecule has 0 radical (unpaired) electrons. The topological polar surface area (TPSA) is 120 Å². The van der Waals surface area contributed by atoms with Gasteiger partial charge in [-0.05, 0) is 0 Å². The van der Waals surface area contributed by atoms with E-state index in [1.807, 2.05) is 0 Å². The highest BCUT2D eigenvalue weighted by atomic mass is 32.2. The van der Waals surface area contributed by atoms with Crippen LogP contribution in [0.2, 0.25) is 0 Å². The maximum absolute atomic E-state index is 13.3. The molecule has 0 amide bonds. The smallest absolute Gasteiger partial charge is 0.415 e. The molecular formula is C8H7F2O9S2-. The van der Waals surface area contributed by atoms with Crippen LogP contribution in [0.4, 0.5) is 8.78 Å². The second-order valence-electron chi connectivity index (χ2n) is 4.57. The highest BCUT2D eigenvalue weighted by Gasteiger charge is 2.68. The predicted molar refractivity (Wildman–Crippen MR) is 55.4 cm³/mol. The zero-order chi connectivity index (χ0) is 15.4. The lowest BCUT2D eigenvalue weighted by Crippen LogP contribution is -2.45. The first-order valence-electron chi connectivity index (χ1n) is 5.57. The first-order valence-corrected chi connectivity index (χ1v) is 7.78. The fourth-order valence-corrected chi connectivity index (χ4v) is 4.71. The largest absolute Gasteiger partial charge is 0.691 e. The summed E-state index contributed by atoms with van der Waals surface area (Å²) in [6.45, 7) is 0. The normalized spacial score (nSPS) is 39.7. The van der Waals surface area contributed by atoms with Crippen LogP contribution >= 0.6 is 12.0 Å². The van der Waals surface area contributed by atoms with Crippen LogP contribution in [0, 0.1) is 0 Å². The standard InChI is InChI=1S/C8H8F2O9S2/c9-8(10,20-19-18-12)7(11)16-4-2-1-3-5(15-2)6(4)21(13,14)17-3/h2-6,12H,1H2/p-1. The Bertz CT molecular complexity index is 550. The van der Waals surface area contributed by atoms with Gasteiger partial charge in [-0.1, -0.05) is 0 Å². The Labute approximate surface area is 120 Å².